The minimum atomic E-state index is -0.532. The molecule has 0 aliphatic carbocycles. The van der Waals surface area contributed by atoms with Gasteiger partial charge >= 0.3 is 5.97 Å². The third-order valence-electron chi connectivity index (χ3n) is 6.05. The molecule has 0 aromatic heterocycles. The van der Waals surface area contributed by atoms with E-state index in [0.717, 1.165) is 26.2 Å². The normalized spacial score (nSPS) is 10.9. The van der Waals surface area contributed by atoms with E-state index in [9.17, 15) is 14.7 Å². The van der Waals surface area contributed by atoms with Gasteiger partial charge in [-0.1, -0.05) is 50.9 Å². The van der Waals surface area contributed by atoms with E-state index in [1.165, 1.54) is 12.1 Å². The number of esters is 1. The van der Waals surface area contributed by atoms with Crippen LogP contribution in [0, 0.1) is 0 Å². The van der Waals surface area contributed by atoms with Gasteiger partial charge in [-0.3, -0.25) is 14.6 Å². The first kappa shape index (κ1) is 33.0. The van der Waals surface area contributed by atoms with Crippen LogP contribution in [-0.2, 0) is 22.6 Å². The van der Waals surface area contributed by atoms with Crippen molar-refractivity contribution in [2.24, 2.45) is 0 Å². The van der Waals surface area contributed by atoms with Crippen molar-refractivity contribution in [3.05, 3.63) is 56.6 Å². The standard InChI is InChI=1S/C27H36Cl2N2O5.ClH/c1-6-30(7-2)15-19-13-18(14-20(26(19)33)16-31(8-3)9-4)27(34)21-11-12-22(25(29)24(21)28)36-17-23(32)35-10-5;/h11-14,33H,6-10,15-17H2,1-5H3;1H. The Morgan fingerprint density at radius 3 is 1.84 bits per heavy atom. The van der Waals surface area contributed by atoms with Gasteiger partial charge in [0, 0.05) is 35.3 Å². The largest absolute Gasteiger partial charge is 0.507 e. The molecule has 0 atom stereocenters. The van der Waals surface area contributed by atoms with Crippen LogP contribution in [0.1, 0.15) is 61.7 Å². The Morgan fingerprint density at radius 2 is 1.38 bits per heavy atom. The number of phenols is 1. The number of rotatable bonds is 14. The van der Waals surface area contributed by atoms with Crippen LogP contribution < -0.4 is 4.74 Å². The van der Waals surface area contributed by atoms with Gasteiger partial charge in [-0.05, 0) is 57.4 Å². The van der Waals surface area contributed by atoms with Crippen molar-refractivity contribution in [1.29, 1.82) is 0 Å². The molecule has 0 aliphatic heterocycles. The van der Waals surface area contributed by atoms with Crippen molar-refractivity contribution in [2.75, 3.05) is 39.4 Å². The summed E-state index contributed by atoms with van der Waals surface area (Å²) in [4.78, 5) is 29.5. The molecule has 0 saturated carbocycles. The van der Waals surface area contributed by atoms with E-state index in [4.69, 9.17) is 32.7 Å². The zero-order valence-corrected chi connectivity index (χ0v) is 24.4. The lowest BCUT2D eigenvalue weighted by atomic mass is 9.96. The van der Waals surface area contributed by atoms with E-state index in [-0.39, 0.29) is 58.5 Å². The molecule has 10 heteroatoms. The SMILES string of the molecule is CCOC(=O)COc1ccc(C(=O)c2cc(CN(CC)CC)c(O)c(CN(CC)CC)c2)c(Cl)c1Cl.Cl. The van der Waals surface area contributed by atoms with Gasteiger partial charge < -0.3 is 14.6 Å². The van der Waals surface area contributed by atoms with E-state index in [2.05, 4.69) is 37.5 Å². The average molecular weight is 576 g/mol. The molecule has 2 aromatic carbocycles. The van der Waals surface area contributed by atoms with Crippen molar-refractivity contribution in [3.8, 4) is 11.5 Å². The van der Waals surface area contributed by atoms with Crippen LogP contribution in [0.15, 0.2) is 24.3 Å². The zero-order chi connectivity index (χ0) is 26.8. The Labute approximate surface area is 236 Å². The smallest absolute Gasteiger partial charge is 0.344 e. The first-order chi connectivity index (χ1) is 17.2. The van der Waals surface area contributed by atoms with E-state index in [1.54, 1.807) is 19.1 Å². The molecule has 206 valence electrons. The minimum absolute atomic E-state index is 0. The molecule has 1 N–H and O–H groups in total. The van der Waals surface area contributed by atoms with Gasteiger partial charge in [-0.25, -0.2) is 4.79 Å². The van der Waals surface area contributed by atoms with Gasteiger partial charge in [0.05, 0.1) is 11.6 Å². The van der Waals surface area contributed by atoms with Crippen molar-refractivity contribution in [2.45, 2.75) is 47.7 Å². The quantitative estimate of drug-likeness (QED) is 0.219. The van der Waals surface area contributed by atoms with Crippen molar-refractivity contribution in [3.63, 3.8) is 0 Å². The fourth-order valence-corrected chi connectivity index (χ4v) is 4.28. The summed E-state index contributed by atoms with van der Waals surface area (Å²) < 4.78 is 10.3. The van der Waals surface area contributed by atoms with Crippen molar-refractivity contribution >= 4 is 47.4 Å². The first-order valence-corrected chi connectivity index (χ1v) is 13.1. The summed E-state index contributed by atoms with van der Waals surface area (Å²) in [5.41, 5.74) is 1.99. The highest BCUT2D eigenvalue weighted by molar-refractivity contribution is 6.45. The summed E-state index contributed by atoms with van der Waals surface area (Å²) in [6, 6.07) is 6.47. The highest BCUT2D eigenvalue weighted by Crippen LogP contribution is 2.37. The lowest BCUT2D eigenvalue weighted by Crippen LogP contribution is -2.24. The Balaban J connectivity index is 0.00000684. The van der Waals surface area contributed by atoms with Crippen LogP contribution in [-0.4, -0.2) is 66.1 Å². The second-order valence-electron chi connectivity index (χ2n) is 8.23. The van der Waals surface area contributed by atoms with Crippen molar-refractivity contribution in [1.82, 2.24) is 9.80 Å². The number of phenolic OH excluding ortho intramolecular Hbond substituents is 1. The third-order valence-corrected chi connectivity index (χ3v) is 6.91. The molecule has 0 heterocycles. The fraction of sp³-hybridized carbons (Fsp3) is 0.481. The average Bonchev–Trinajstić information content (AvgIpc) is 2.88. The monoisotopic (exact) mass is 574 g/mol. The third kappa shape index (κ3) is 8.76. The highest BCUT2D eigenvalue weighted by Gasteiger charge is 2.22. The van der Waals surface area contributed by atoms with Crippen LogP contribution in [0.2, 0.25) is 10.0 Å². The first-order valence-electron chi connectivity index (χ1n) is 12.3. The summed E-state index contributed by atoms with van der Waals surface area (Å²) in [7, 11) is 0. The highest BCUT2D eigenvalue weighted by atomic mass is 35.5. The maximum Gasteiger partial charge on any atom is 0.344 e. The Hall–Kier alpha value is -2.03. The number of halogens is 3. The van der Waals surface area contributed by atoms with Gasteiger partial charge in [0.1, 0.15) is 16.5 Å². The zero-order valence-electron chi connectivity index (χ0n) is 22.1. The number of benzene rings is 2. The molecule has 0 bridgehead atoms. The predicted octanol–water partition coefficient (Wildman–Crippen LogP) is 5.98. The van der Waals surface area contributed by atoms with Crippen LogP contribution >= 0.6 is 35.6 Å². The van der Waals surface area contributed by atoms with Gasteiger partial charge in [0.2, 0.25) is 0 Å². The number of hydrogen-bond donors (Lipinski definition) is 1. The Morgan fingerprint density at radius 1 is 0.865 bits per heavy atom. The lowest BCUT2D eigenvalue weighted by Gasteiger charge is -2.23. The van der Waals surface area contributed by atoms with E-state index in [0.29, 0.717) is 29.8 Å². The second-order valence-corrected chi connectivity index (χ2v) is 8.98. The maximum atomic E-state index is 13.6. The molecule has 0 fully saturated rings. The molecule has 0 amide bonds. The van der Waals surface area contributed by atoms with Crippen LogP contribution in [0.3, 0.4) is 0 Å². The molecule has 0 aliphatic rings. The topological polar surface area (TPSA) is 79.3 Å². The lowest BCUT2D eigenvalue weighted by molar-refractivity contribution is -0.145. The fourth-order valence-electron chi connectivity index (χ4n) is 3.82. The molecule has 2 aromatic rings. The summed E-state index contributed by atoms with van der Waals surface area (Å²) >= 11 is 12.9. The van der Waals surface area contributed by atoms with E-state index in [1.807, 2.05) is 0 Å². The van der Waals surface area contributed by atoms with Crippen LogP contribution in [0.4, 0.5) is 0 Å². The minimum Gasteiger partial charge on any atom is -0.507 e. The van der Waals surface area contributed by atoms with Gasteiger partial charge in [0.15, 0.2) is 12.4 Å². The second kappa shape index (κ2) is 16.0. The van der Waals surface area contributed by atoms with Crippen molar-refractivity contribution < 1.29 is 24.2 Å². The van der Waals surface area contributed by atoms with E-state index >= 15 is 0 Å². The van der Waals surface area contributed by atoms with Gasteiger partial charge in [-0.15, -0.1) is 12.4 Å². The number of ketones is 1. The number of ether oxygens (including phenoxy) is 2. The Bertz CT molecular complexity index is 1020. The molecule has 37 heavy (non-hydrogen) atoms. The predicted molar refractivity (Wildman–Crippen MR) is 151 cm³/mol. The number of hydrogen-bond acceptors (Lipinski definition) is 7. The molecular formula is C27H37Cl3N2O5. The van der Waals surface area contributed by atoms with Gasteiger partial charge in [-0.2, -0.15) is 0 Å². The number of carbonyl (C=O) groups is 2. The number of carbonyl (C=O) groups excluding carboxylic acids is 2. The van der Waals surface area contributed by atoms with Gasteiger partial charge in [0.25, 0.3) is 0 Å². The molecule has 0 radical (unpaired) electrons. The molecule has 0 spiro atoms. The van der Waals surface area contributed by atoms with E-state index < -0.39 is 5.97 Å². The summed E-state index contributed by atoms with van der Waals surface area (Å²) in [6.45, 7) is 14.1. The molecule has 2 rings (SSSR count). The Kier molecular flexibility index (Phi) is 14.3. The number of nitrogens with zero attached hydrogens (tertiary/aromatic N) is 2. The molecule has 0 unspecified atom stereocenters. The summed E-state index contributed by atoms with van der Waals surface area (Å²) in [5, 5.41) is 11.1. The molecule has 7 nitrogen and oxygen atoms in total. The molecular weight excluding hydrogens is 539 g/mol. The summed E-state index contributed by atoms with van der Waals surface area (Å²) in [6.07, 6.45) is 0. The molecule has 0 saturated heterocycles. The van der Waals surface area contributed by atoms with Crippen LogP contribution in [0.5, 0.6) is 11.5 Å². The van der Waals surface area contributed by atoms with Crippen LogP contribution in [0.25, 0.3) is 0 Å². The maximum absolute atomic E-state index is 13.6. The number of aromatic hydroxyl groups is 1. The summed E-state index contributed by atoms with van der Waals surface area (Å²) in [5.74, 6) is -0.463.